The summed E-state index contributed by atoms with van der Waals surface area (Å²) in [5.74, 6) is 0.144. The number of benzene rings is 1. The first-order valence-corrected chi connectivity index (χ1v) is 5.96. The lowest BCUT2D eigenvalue weighted by molar-refractivity contribution is 0.00694. The van der Waals surface area contributed by atoms with Crippen molar-refractivity contribution in [1.82, 2.24) is 0 Å². The summed E-state index contributed by atoms with van der Waals surface area (Å²) < 4.78 is 5.34. The average molecular weight is 233 g/mol. The summed E-state index contributed by atoms with van der Waals surface area (Å²) in [5.41, 5.74) is 7.10. The van der Waals surface area contributed by atoms with Gasteiger partial charge in [-0.1, -0.05) is 12.1 Å². The minimum Gasteiger partial charge on any atom is -0.456 e. The van der Waals surface area contributed by atoms with Gasteiger partial charge in [0.15, 0.2) is 0 Å². The highest BCUT2D eigenvalue weighted by atomic mass is 16.6. The number of esters is 1. The molecule has 1 aromatic carbocycles. The molecule has 0 saturated heterocycles. The first-order chi connectivity index (χ1) is 7.87. The Morgan fingerprint density at radius 3 is 2.59 bits per heavy atom. The van der Waals surface area contributed by atoms with Gasteiger partial charge < -0.3 is 10.5 Å². The van der Waals surface area contributed by atoms with Gasteiger partial charge in [0.25, 0.3) is 0 Å². The highest BCUT2D eigenvalue weighted by Gasteiger charge is 2.35. The van der Waals surface area contributed by atoms with E-state index in [1.165, 1.54) is 0 Å². The fourth-order valence-corrected chi connectivity index (χ4v) is 1.83. The topological polar surface area (TPSA) is 52.3 Å². The summed E-state index contributed by atoms with van der Waals surface area (Å²) in [4.78, 5) is 11.9. The van der Waals surface area contributed by atoms with Gasteiger partial charge in [0.2, 0.25) is 0 Å². The molecule has 17 heavy (non-hydrogen) atoms. The molecule has 0 bridgehead atoms. The summed E-state index contributed by atoms with van der Waals surface area (Å²) in [6, 6.07) is 7.84. The van der Waals surface area contributed by atoms with E-state index >= 15 is 0 Å². The number of ether oxygens (including phenoxy) is 1. The summed E-state index contributed by atoms with van der Waals surface area (Å²) >= 11 is 0. The lowest BCUT2D eigenvalue weighted by Gasteiger charge is -2.19. The lowest BCUT2D eigenvalue weighted by atomic mass is 10.1. The predicted octanol–water partition coefficient (Wildman–Crippen LogP) is 2.46. The molecule has 3 heteroatoms. The Bertz CT molecular complexity index is 434. The SMILES string of the molecule is CC(C)(C)OC(=O)c1cccc(C2CC2N)c1. The van der Waals surface area contributed by atoms with Gasteiger partial charge in [-0.2, -0.15) is 0 Å². The number of hydrogen-bond donors (Lipinski definition) is 1. The summed E-state index contributed by atoms with van der Waals surface area (Å²) in [7, 11) is 0. The van der Waals surface area contributed by atoms with Crippen LogP contribution in [0.2, 0.25) is 0 Å². The highest BCUT2D eigenvalue weighted by Crippen LogP contribution is 2.39. The molecule has 0 spiro atoms. The van der Waals surface area contributed by atoms with Crippen LogP contribution in [0.5, 0.6) is 0 Å². The first-order valence-electron chi connectivity index (χ1n) is 5.96. The molecule has 0 amide bonds. The van der Waals surface area contributed by atoms with E-state index in [4.69, 9.17) is 10.5 Å². The van der Waals surface area contributed by atoms with E-state index in [-0.39, 0.29) is 12.0 Å². The van der Waals surface area contributed by atoms with E-state index < -0.39 is 5.60 Å². The largest absolute Gasteiger partial charge is 0.456 e. The molecular formula is C14H19NO2. The van der Waals surface area contributed by atoms with Crippen LogP contribution in [0.1, 0.15) is 49.0 Å². The summed E-state index contributed by atoms with van der Waals surface area (Å²) in [6.45, 7) is 5.60. The maximum absolute atomic E-state index is 11.9. The molecule has 0 aliphatic heterocycles. The fourth-order valence-electron chi connectivity index (χ4n) is 1.83. The van der Waals surface area contributed by atoms with Crippen LogP contribution in [0.4, 0.5) is 0 Å². The smallest absolute Gasteiger partial charge is 0.338 e. The second-order valence-electron chi connectivity index (χ2n) is 5.63. The fraction of sp³-hybridized carbons (Fsp3) is 0.500. The monoisotopic (exact) mass is 233 g/mol. The molecule has 3 nitrogen and oxygen atoms in total. The lowest BCUT2D eigenvalue weighted by Crippen LogP contribution is -2.23. The van der Waals surface area contributed by atoms with Crippen LogP contribution in [0.25, 0.3) is 0 Å². The van der Waals surface area contributed by atoms with Crippen molar-refractivity contribution >= 4 is 5.97 Å². The van der Waals surface area contributed by atoms with Crippen LogP contribution in [0, 0.1) is 0 Å². The molecule has 2 N–H and O–H groups in total. The van der Waals surface area contributed by atoms with Crippen LogP contribution in [-0.2, 0) is 4.74 Å². The van der Waals surface area contributed by atoms with Gasteiger partial charge in [0.05, 0.1) is 5.56 Å². The van der Waals surface area contributed by atoms with Crippen molar-refractivity contribution in [1.29, 1.82) is 0 Å². The van der Waals surface area contributed by atoms with Gasteiger partial charge in [-0.05, 0) is 44.9 Å². The average Bonchev–Trinajstić information content (AvgIpc) is 2.93. The molecule has 2 atom stereocenters. The number of rotatable bonds is 2. The van der Waals surface area contributed by atoms with Crippen molar-refractivity contribution in [3.8, 4) is 0 Å². The quantitative estimate of drug-likeness (QED) is 0.798. The number of carbonyl (C=O) groups is 1. The number of carbonyl (C=O) groups excluding carboxylic acids is 1. The van der Waals surface area contributed by atoms with Gasteiger partial charge in [0, 0.05) is 12.0 Å². The van der Waals surface area contributed by atoms with E-state index in [1.807, 2.05) is 39.0 Å². The normalized spacial score (nSPS) is 23.3. The molecule has 2 unspecified atom stereocenters. The van der Waals surface area contributed by atoms with Crippen LogP contribution >= 0.6 is 0 Å². The van der Waals surface area contributed by atoms with Crippen LogP contribution in [-0.4, -0.2) is 17.6 Å². The van der Waals surface area contributed by atoms with Gasteiger partial charge in [-0.15, -0.1) is 0 Å². The Morgan fingerprint density at radius 1 is 1.41 bits per heavy atom. The molecule has 1 aliphatic rings. The number of nitrogens with two attached hydrogens (primary N) is 1. The van der Waals surface area contributed by atoms with Crippen molar-refractivity contribution in [2.75, 3.05) is 0 Å². The predicted molar refractivity (Wildman–Crippen MR) is 66.9 cm³/mol. The third-order valence-corrected chi connectivity index (χ3v) is 2.79. The van der Waals surface area contributed by atoms with Crippen LogP contribution in [0.15, 0.2) is 24.3 Å². The molecule has 92 valence electrons. The Balaban J connectivity index is 2.13. The third kappa shape index (κ3) is 3.07. The minimum atomic E-state index is -0.455. The summed E-state index contributed by atoms with van der Waals surface area (Å²) in [6.07, 6.45) is 1.01. The van der Waals surface area contributed by atoms with E-state index in [0.717, 1.165) is 12.0 Å². The minimum absolute atomic E-state index is 0.254. The second kappa shape index (κ2) is 4.15. The number of hydrogen-bond acceptors (Lipinski definition) is 3. The third-order valence-electron chi connectivity index (χ3n) is 2.79. The molecule has 1 saturated carbocycles. The zero-order valence-corrected chi connectivity index (χ0v) is 10.6. The summed E-state index contributed by atoms with van der Waals surface area (Å²) in [5, 5.41) is 0. The van der Waals surface area contributed by atoms with Crippen LogP contribution < -0.4 is 5.73 Å². The zero-order valence-electron chi connectivity index (χ0n) is 10.6. The Labute approximate surface area is 102 Å². The van der Waals surface area contributed by atoms with Gasteiger partial charge in [-0.25, -0.2) is 4.79 Å². The molecule has 2 rings (SSSR count). The Kier molecular flexibility index (Phi) is 2.96. The van der Waals surface area contributed by atoms with Gasteiger partial charge >= 0.3 is 5.97 Å². The Morgan fingerprint density at radius 2 is 2.06 bits per heavy atom. The molecule has 0 heterocycles. The molecule has 1 aliphatic carbocycles. The van der Waals surface area contributed by atoms with Crippen molar-refractivity contribution in [3.05, 3.63) is 35.4 Å². The highest BCUT2D eigenvalue weighted by molar-refractivity contribution is 5.89. The molecular weight excluding hydrogens is 214 g/mol. The molecule has 0 aromatic heterocycles. The van der Waals surface area contributed by atoms with Gasteiger partial charge in [-0.3, -0.25) is 0 Å². The molecule has 1 aromatic rings. The van der Waals surface area contributed by atoms with E-state index in [2.05, 4.69) is 0 Å². The van der Waals surface area contributed by atoms with Crippen LogP contribution in [0.3, 0.4) is 0 Å². The Hall–Kier alpha value is -1.35. The maximum atomic E-state index is 11.9. The molecule has 1 fully saturated rings. The van der Waals surface area contributed by atoms with Crippen molar-refractivity contribution in [3.63, 3.8) is 0 Å². The van der Waals surface area contributed by atoms with Gasteiger partial charge in [0.1, 0.15) is 5.60 Å². The van der Waals surface area contributed by atoms with Crippen molar-refractivity contribution in [2.45, 2.75) is 44.8 Å². The standard InChI is InChI=1S/C14H19NO2/c1-14(2,3)17-13(16)10-6-4-5-9(7-10)11-8-12(11)15/h4-7,11-12H,8,15H2,1-3H3. The van der Waals surface area contributed by atoms with E-state index in [0.29, 0.717) is 11.5 Å². The van der Waals surface area contributed by atoms with Crippen molar-refractivity contribution in [2.24, 2.45) is 5.73 Å². The van der Waals surface area contributed by atoms with Crippen molar-refractivity contribution < 1.29 is 9.53 Å². The first kappa shape index (κ1) is 12.1. The maximum Gasteiger partial charge on any atom is 0.338 e. The van der Waals surface area contributed by atoms with E-state index in [9.17, 15) is 4.79 Å². The molecule has 0 radical (unpaired) electrons. The zero-order chi connectivity index (χ0) is 12.6. The second-order valence-corrected chi connectivity index (χ2v) is 5.63. The van der Waals surface area contributed by atoms with E-state index in [1.54, 1.807) is 6.07 Å².